The Balaban J connectivity index is 2.04. The van der Waals surface area contributed by atoms with Gasteiger partial charge in [0.25, 0.3) is 0 Å². The first kappa shape index (κ1) is 20.9. The van der Waals surface area contributed by atoms with Gasteiger partial charge in [-0.15, -0.1) is 0 Å². The summed E-state index contributed by atoms with van der Waals surface area (Å²) in [7, 11) is 4.23. The van der Waals surface area contributed by atoms with Crippen LogP contribution in [-0.4, -0.2) is 33.2 Å². The lowest BCUT2D eigenvalue weighted by molar-refractivity contribution is -0.116. The van der Waals surface area contributed by atoms with Crippen LogP contribution in [0.25, 0.3) is 0 Å². The van der Waals surface area contributed by atoms with Crippen molar-refractivity contribution in [2.75, 3.05) is 26.6 Å². The van der Waals surface area contributed by atoms with Crippen molar-refractivity contribution in [2.24, 2.45) is 0 Å². The Bertz CT molecular complexity index is 979. The van der Waals surface area contributed by atoms with Gasteiger partial charge in [0.1, 0.15) is 0 Å². The number of carbonyl (C=O) groups excluding carboxylic acids is 2. The zero-order chi connectivity index (χ0) is 21.5. The summed E-state index contributed by atoms with van der Waals surface area (Å²) in [5.41, 5.74) is 2.12. The summed E-state index contributed by atoms with van der Waals surface area (Å²) in [6.07, 6.45) is 0. The molecule has 154 valence electrons. The molecule has 6 heteroatoms. The molecule has 1 amide bonds. The Kier molecular flexibility index (Phi) is 6.70. The molecule has 0 bridgehead atoms. The molecule has 0 saturated heterocycles. The molecular formula is C24H23NO5. The van der Waals surface area contributed by atoms with Crippen molar-refractivity contribution in [3.05, 3.63) is 89.5 Å². The molecular weight excluding hydrogens is 382 g/mol. The number of methoxy groups -OCH3 is 3. The van der Waals surface area contributed by atoms with Crippen LogP contribution >= 0.6 is 0 Å². The smallest absolute Gasteiger partial charge is 0.340 e. The van der Waals surface area contributed by atoms with E-state index >= 15 is 0 Å². The largest absolute Gasteiger partial charge is 0.493 e. The van der Waals surface area contributed by atoms with Crippen molar-refractivity contribution in [3.63, 3.8) is 0 Å². The normalized spacial score (nSPS) is 10.4. The van der Waals surface area contributed by atoms with Crippen molar-refractivity contribution in [1.29, 1.82) is 0 Å². The average Bonchev–Trinajstić information content (AvgIpc) is 2.79. The third-order valence-corrected chi connectivity index (χ3v) is 4.71. The lowest BCUT2D eigenvalue weighted by Gasteiger charge is -2.20. The van der Waals surface area contributed by atoms with Gasteiger partial charge < -0.3 is 19.5 Å². The molecule has 0 aromatic heterocycles. The molecule has 0 aliphatic rings. The minimum Gasteiger partial charge on any atom is -0.493 e. The van der Waals surface area contributed by atoms with Crippen LogP contribution in [0.1, 0.15) is 27.4 Å². The molecule has 6 nitrogen and oxygen atoms in total. The maximum Gasteiger partial charge on any atom is 0.340 e. The molecule has 0 aliphatic carbocycles. The topological polar surface area (TPSA) is 73.9 Å². The summed E-state index contributed by atoms with van der Waals surface area (Å²) >= 11 is 0. The highest BCUT2D eigenvalue weighted by atomic mass is 16.5. The number of esters is 1. The minimum atomic E-state index is -0.595. The van der Waals surface area contributed by atoms with E-state index in [2.05, 4.69) is 5.32 Å². The second-order valence-electron chi connectivity index (χ2n) is 6.49. The maximum absolute atomic E-state index is 13.4. The molecule has 0 heterocycles. The van der Waals surface area contributed by atoms with Gasteiger partial charge in [-0.3, -0.25) is 4.79 Å². The Morgan fingerprint density at radius 1 is 0.767 bits per heavy atom. The summed E-state index contributed by atoms with van der Waals surface area (Å²) in [4.78, 5) is 25.7. The van der Waals surface area contributed by atoms with Crippen LogP contribution in [-0.2, 0) is 9.53 Å². The van der Waals surface area contributed by atoms with Crippen LogP contribution in [0.3, 0.4) is 0 Å². The highest BCUT2D eigenvalue weighted by Gasteiger charge is 2.25. The van der Waals surface area contributed by atoms with Gasteiger partial charge in [0, 0.05) is 12.1 Å². The third kappa shape index (κ3) is 4.43. The van der Waals surface area contributed by atoms with Gasteiger partial charge in [-0.05, 0) is 11.1 Å². The van der Waals surface area contributed by atoms with Crippen LogP contribution in [0.4, 0.5) is 5.69 Å². The monoisotopic (exact) mass is 405 g/mol. The van der Waals surface area contributed by atoms with E-state index in [0.717, 1.165) is 11.1 Å². The SMILES string of the molecule is COC(=O)c1cc(OC)c(OC)cc1NC(=O)C(c1ccccc1)c1ccccc1. The van der Waals surface area contributed by atoms with Crippen LogP contribution in [0.2, 0.25) is 0 Å². The fourth-order valence-electron chi connectivity index (χ4n) is 3.25. The standard InChI is InChI=1S/C24H23NO5/c1-28-20-14-18(24(27)30-3)19(15-21(20)29-2)25-23(26)22(16-10-6-4-7-11-16)17-12-8-5-9-13-17/h4-15,22H,1-3H3,(H,25,26). The molecule has 0 fully saturated rings. The predicted molar refractivity (Wildman–Crippen MR) is 114 cm³/mol. The van der Waals surface area contributed by atoms with Crippen molar-refractivity contribution in [2.45, 2.75) is 5.92 Å². The average molecular weight is 405 g/mol. The van der Waals surface area contributed by atoms with Crippen LogP contribution in [0.5, 0.6) is 11.5 Å². The quantitative estimate of drug-likeness (QED) is 0.595. The molecule has 0 spiro atoms. The first-order valence-corrected chi connectivity index (χ1v) is 9.34. The number of nitrogens with one attached hydrogen (secondary N) is 1. The molecule has 3 aromatic carbocycles. The first-order valence-electron chi connectivity index (χ1n) is 9.34. The molecule has 1 N–H and O–H groups in total. The fourth-order valence-corrected chi connectivity index (χ4v) is 3.25. The highest BCUT2D eigenvalue weighted by Crippen LogP contribution is 2.35. The molecule has 3 rings (SSSR count). The number of anilines is 1. The summed E-state index contributed by atoms with van der Waals surface area (Å²) < 4.78 is 15.5. The zero-order valence-corrected chi connectivity index (χ0v) is 17.0. The van der Waals surface area contributed by atoms with Crippen molar-refractivity contribution < 1.29 is 23.8 Å². The van der Waals surface area contributed by atoms with E-state index in [1.807, 2.05) is 60.7 Å². The fraction of sp³-hybridized carbons (Fsp3) is 0.167. The van der Waals surface area contributed by atoms with Crippen molar-refractivity contribution in [3.8, 4) is 11.5 Å². The molecule has 0 unspecified atom stereocenters. The zero-order valence-electron chi connectivity index (χ0n) is 17.0. The van der Waals surface area contributed by atoms with Crippen LogP contribution in [0, 0.1) is 0 Å². The van der Waals surface area contributed by atoms with Gasteiger partial charge in [0.05, 0.1) is 38.5 Å². The van der Waals surface area contributed by atoms with Crippen LogP contribution < -0.4 is 14.8 Å². The van der Waals surface area contributed by atoms with Crippen molar-refractivity contribution in [1.82, 2.24) is 0 Å². The molecule has 30 heavy (non-hydrogen) atoms. The molecule has 0 saturated carbocycles. The number of benzene rings is 3. The van der Waals surface area contributed by atoms with E-state index in [4.69, 9.17) is 14.2 Å². The summed E-state index contributed by atoms with van der Waals surface area (Å²) in [6, 6.07) is 21.9. The predicted octanol–water partition coefficient (Wildman–Crippen LogP) is 4.26. The number of carbonyl (C=O) groups is 2. The lowest BCUT2D eigenvalue weighted by Crippen LogP contribution is -2.23. The number of hydrogen-bond donors (Lipinski definition) is 1. The maximum atomic E-state index is 13.4. The van der Waals surface area contributed by atoms with Gasteiger partial charge in [-0.2, -0.15) is 0 Å². The lowest BCUT2D eigenvalue weighted by atomic mass is 9.90. The Morgan fingerprint density at radius 3 is 1.73 bits per heavy atom. The van der Waals surface area contributed by atoms with Crippen molar-refractivity contribution >= 4 is 17.6 Å². The number of ether oxygens (including phenoxy) is 3. The van der Waals surface area contributed by atoms with E-state index in [-0.39, 0.29) is 17.2 Å². The van der Waals surface area contributed by atoms with E-state index in [0.29, 0.717) is 11.5 Å². The Morgan fingerprint density at radius 2 is 1.27 bits per heavy atom. The van der Waals surface area contributed by atoms with Gasteiger partial charge in [0.2, 0.25) is 5.91 Å². The third-order valence-electron chi connectivity index (χ3n) is 4.71. The number of amides is 1. The van der Waals surface area contributed by atoms with E-state index in [1.165, 1.54) is 27.4 Å². The number of rotatable bonds is 7. The second kappa shape index (κ2) is 9.60. The van der Waals surface area contributed by atoms with Gasteiger partial charge in [-0.25, -0.2) is 4.79 Å². The van der Waals surface area contributed by atoms with Gasteiger partial charge in [-0.1, -0.05) is 60.7 Å². The second-order valence-corrected chi connectivity index (χ2v) is 6.49. The van der Waals surface area contributed by atoms with E-state index in [1.54, 1.807) is 6.07 Å². The van der Waals surface area contributed by atoms with Crippen LogP contribution in [0.15, 0.2) is 72.8 Å². The molecule has 0 aliphatic heterocycles. The summed E-state index contributed by atoms with van der Waals surface area (Å²) in [6.45, 7) is 0. The van der Waals surface area contributed by atoms with Gasteiger partial charge in [0.15, 0.2) is 11.5 Å². The molecule has 0 atom stereocenters. The highest BCUT2D eigenvalue weighted by molar-refractivity contribution is 6.05. The summed E-state index contributed by atoms with van der Waals surface area (Å²) in [5.74, 6) is -0.701. The first-order chi connectivity index (χ1) is 14.6. The Hall–Kier alpha value is -3.80. The van der Waals surface area contributed by atoms with E-state index < -0.39 is 11.9 Å². The summed E-state index contributed by atoms with van der Waals surface area (Å²) in [5, 5.41) is 2.87. The molecule has 0 radical (unpaired) electrons. The molecule has 3 aromatic rings. The number of hydrogen-bond acceptors (Lipinski definition) is 5. The Labute approximate surface area is 175 Å². The van der Waals surface area contributed by atoms with Gasteiger partial charge >= 0.3 is 5.97 Å². The minimum absolute atomic E-state index is 0.170. The van der Waals surface area contributed by atoms with E-state index in [9.17, 15) is 9.59 Å².